The number of aliphatic hydroxyl groups excluding tert-OH is 1. The molecular formula is C15H28BrN3O. The standard InChI is InChI=1S/C15H28BrN3O/c1-7-15(6,18(8-2)9-3)14(20)13-12(16)10-17-19(13)11(4)5/h10-11,14,20H,7-9H2,1-6H3. The van der Waals surface area contributed by atoms with Gasteiger partial charge in [-0.15, -0.1) is 0 Å². The zero-order valence-electron chi connectivity index (χ0n) is 13.5. The Bertz CT molecular complexity index is 429. The van der Waals surface area contributed by atoms with E-state index in [-0.39, 0.29) is 11.6 Å². The van der Waals surface area contributed by atoms with Gasteiger partial charge in [0.25, 0.3) is 0 Å². The van der Waals surface area contributed by atoms with Crippen LogP contribution in [0.5, 0.6) is 0 Å². The number of likely N-dealkylation sites (N-methyl/N-ethyl adjacent to an activating group) is 1. The number of rotatable bonds is 7. The summed E-state index contributed by atoms with van der Waals surface area (Å²) in [6.45, 7) is 14.5. The summed E-state index contributed by atoms with van der Waals surface area (Å²) in [4.78, 5) is 2.32. The highest BCUT2D eigenvalue weighted by atomic mass is 79.9. The second-order valence-electron chi connectivity index (χ2n) is 5.70. The van der Waals surface area contributed by atoms with Crippen molar-refractivity contribution in [3.63, 3.8) is 0 Å². The molecule has 5 heteroatoms. The second kappa shape index (κ2) is 7.05. The zero-order chi connectivity index (χ0) is 15.5. The Hall–Kier alpha value is -0.390. The summed E-state index contributed by atoms with van der Waals surface area (Å²) < 4.78 is 2.79. The first-order valence-corrected chi connectivity index (χ1v) is 8.28. The molecule has 0 spiro atoms. The van der Waals surface area contributed by atoms with Crippen molar-refractivity contribution in [2.75, 3.05) is 13.1 Å². The fourth-order valence-electron chi connectivity index (χ4n) is 2.85. The Morgan fingerprint density at radius 3 is 2.30 bits per heavy atom. The lowest BCUT2D eigenvalue weighted by Gasteiger charge is -2.43. The summed E-state index contributed by atoms with van der Waals surface area (Å²) in [5.74, 6) is 0. The van der Waals surface area contributed by atoms with Crippen LogP contribution in [0.1, 0.15) is 65.8 Å². The maximum atomic E-state index is 11.0. The van der Waals surface area contributed by atoms with Crippen molar-refractivity contribution in [2.24, 2.45) is 0 Å². The molecule has 2 unspecified atom stereocenters. The highest BCUT2D eigenvalue weighted by molar-refractivity contribution is 9.10. The molecule has 1 rings (SSSR count). The van der Waals surface area contributed by atoms with Gasteiger partial charge in [-0.25, -0.2) is 0 Å². The minimum atomic E-state index is -0.577. The monoisotopic (exact) mass is 345 g/mol. The molecule has 0 aromatic carbocycles. The number of halogens is 1. The van der Waals surface area contributed by atoms with E-state index in [4.69, 9.17) is 0 Å². The van der Waals surface area contributed by atoms with E-state index in [0.717, 1.165) is 29.7 Å². The van der Waals surface area contributed by atoms with Crippen molar-refractivity contribution in [2.45, 2.75) is 65.6 Å². The molecule has 0 aliphatic carbocycles. The van der Waals surface area contributed by atoms with E-state index in [1.165, 1.54) is 0 Å². The van der Waals surface area contributed by atoms with E-state index in [9.17, 15) is 5.11 Å². The van der Waals surface area contributed by atoms with Crippen LogP contribution in [0.25, 0.3) is 0 Å². The van der Waals surface area contributed by atoms with Crippen molar-refractivity contribution in [3.8, 4) is 0 Å². The Morgan fingerprint density at radius 2 is 1.90 bits per heavy atom. The summed E-state index contributed by atoms with van der Waals surface area (Å²) in [6, 6.07) is 0.226. The minimum absolute atomic E-state index is 0.226. The lowest BCUT2D eigenvalue weighted by molar-refractivity contribution is -0.0267. The molecule has 0 amide bonds. The molecule has 0 radical (unpaired) electrons. The fourth-order valence-corrected chi connectivity index (χ4v) is 3.34. The van der Waals surface area contributed by atoms with Crippen molar-refractivity contribution in [1.82, 2.24) is 14.7 Å². The first kappa shape index (κ1) is 17.7. The maximum Gasteiger partial charge on any atom is 0.115 e. The predicted octanol–water partition coefficient (Wildman–Crippen LogP) is 3.77. The Labute approximate surface area is 131 Å². The van der Waals surface area contributed by atoms with Crippen LogP contribution >= 0.6 is 15.9 Å². The summed E-state index contributed by atoms with van der Waals surface area (Å²) >= 11 is 3.54. The van der Waals surface area contributed by atoms with Crippen molar-refractivity contribution in [1.29, 1.82) is 0 Å². The lowest BCUT2D eigenvalue weighted by atomic mass is 9.87. The third-order valence-electron chi connectivity index (χ3n) is 4.33. The smallest absolute Gasteiger partial charge is 0.115 e. The van der Waals surface area contributed by atoms with Gasteiger partial charge < -0.3 is 5.11 Å². The van der Waals surface area contributed by atoms with Gasteiger partial charge in [0.1, 0.15) is 6.10 Å². The topological polar surface area (TPSA) is 41.3 Å². The van der Waals surface area contributed by atoms with E-state index < -0.39 is 6.10 Å². The molecule has 1 aromatic heterocycles. The summed E-state index contributed by atoms with van der Waals surface area (Å²) in [5, 5.41) is 15.4. The van der Waals surface area contributed by atoms with Gasteiger partial charge in [-0.2, -0.15) is 5.10 Å². The van der Waals surface area contributed by atoms with E-state index in [0.29, 0.717) is 0 Å². The molecule has 0 bridgehead atoms. The predicted molar refractivity (Wildman–Crippen MR) is 86.9 cm³/mol. The van der Waals surface area contributed by atoms with Gasteiger partial charge in [-0.05, 0) is 56.2 Å². The van der Waals surface area contributed by atoms with Crippen LogP contribution in [0, 0.1) is 0 Å². The molecule has 1 N–H and O–H groups in total. The number of nitrogens with zero attached hydrogens (tertiary/aromatic N) is 3. The van der Waals surface area contributed by atoms with Crippen LogP contribution in [0.4, 0.5) is 0 Å². The first-order valence-electron chi connectivity index (χ1n) is 7.49. The second-order valence-corrected chi connectivity index (χ2v) is 6.56. The third kappa shape index (κ3) is 3.10. The van der Waals surface area contributed by atoms with Gasteiger partial charge in [-0.3, -0.25) is 9.58 Å². The average molecular weight is 346 g/mol. The van der Waals surface area contributed by atoms with Crippen molar-refractivity contribution < 1.29 is 5.11 Å². The van der Waals surface area contributed by atoms with Gasteiger partial charge >= 0.3 is 0 Å². The molecule has 0 saturated carbocycles. The molecular weight excluding hydrogens is 318 g/mol. The number of aliphatic hydroxyl groups is 1. The molecule has 20 heavy (non-hydrogen) atoms. The number of hydrogen-bond donors (Lipinski definition) is 1. The van der Waals surface area contributed by atoms with E-state index in [1.807, 2.05) is 4.68 Å². The van der Waals surface area contributed by atoms with Crippen molar-refractivity contribution in [3.05, 3.63) is 16.4 Å². The van der Waals surface area contributed by atoms with E-state index in [2.05, 4.69) is 67.5 Å². The summed E-state index contributed by atoms with van der Waals surface area (Å²) in [7, 11) is 0. The fraction of sp³-hybridized carbons (Fsp3) is 0.800. The van der Waals surface area contributed by atoms with E-state index >= 15 is 0 Å². The third-order valence-corrected chi connectivity index (χ3v) is 4.94. The Morgan fingerprint density at radius 1 is 1.35 bits per heavy atom. The van der Waals surface area contributed by atoms with Crippen LogP contribution < -0.4 is 0 Å². The summed E-state index contributed by atoms with van der Waals surface area (Å²) in [6.07, 6.45) is 2.08. The summed E-state index contributed by atoms with van der Waals surface area (Å²) in [5.41, 5.74) is 0.579. The van der Waals surface area contributed by atoms with E-state index in [1.54, 1.807) is 6.20 Å². The normalized spacial score (nSPS) is 16.7. The van der Waals surface area contributed by atoms with Crippen LogP contribution in [0.2, 0.25) is 0 Å². The number of aromatic nitrogens is 2. The minimum Gasteiger partial charge on any atom is -0.385 e. The van der Waals surface area contributed by atoms with Crippen LogP contribution in [-0.4, -0.2) is 38.4 Å². The van der Waals surface area contributed by atoms with Crippen LogP contribution in [0.15, 0.2) is 10.7 Å². The Kier molecular flexibility index (Phi) is 6.23. The first-order chi connectivity index (χ1) is 9.33. The molecule has 0 aliphatic heterocycles. The SMILES string of the molecule is CCN(CC)C(C)(CC)C(O)c1c(Br)cnn1C(C)C. The van der Waals surface area contributed by atoms with Gasteiger partial charge in [0.15, 0.2) is 0 Å². The van der Waals surface area contributed by atoms with Crippen molar-refractivity contribution >= 4 is 15.9 Å². The zero-order valence-corrected chi connectivity index (χ0v) is 15.1. The molecule has 0 aliphatic rings. The number of hydrogen-bond acceptors (Lipinski definition) is 3. The van der Waals surface area contributed by atoms with Crippen LogP contribution in [-0.2, 0) is 0 Å². The highest BCUT2D eigenvalue weighted by Gasteiger charge is 2.39. The van der Waals surface area contributed by atoms with Gasteiger partial charge in [0.05, 0.1) is 16.4 Å². The largest absolute Gasteiger partial charge is 0.385 e. The molecule has 0 saturated heterocycles. The van der Waals surface area contributed by atoms with Gasteiger partial charge in [0.2, 0.25) is 0 Å². The lowest BCUT2D eigenvalue weighted by Crippen LogP contribution is -2.50. The highest BCUT2D eigenvalue weighted by Crippen LogP contribution is 2.38. The molecule has 4 nitrogen and oxygen atoms in total. The van der Waals surface area contributed by atoms with Gasteiger partial charge in [0, 0.05) is 11.6 Å². The Balaban J connectivity index is 3.27. The molecule has 1 heterocycles. The quantitative estimate of drug-likeness (QED) is 0.817. The molecule has 1 aromatic rings. The van der Waals surface area contributed by atoms with Gasteiger partial charge in [-0.1, -0.05) is 20.8 Å². The average Bonchev–Trinajstić information content (AvgIpc) is 2.80. The maximum absolute atomic E-state index is 11.0. The molecule has 116 valence electrons. The molecule has 0 fully saturated rings. The van der Waals surface area contributed by atoms with Crippen LogP contribution in [0.3, 0.4) is 0 Å². The molecule has 2 atom stereocenters.